The molecule has 0 radical (unpaired) electrons. The molecule has 2 aromatic carbocycles. The Kier molecular flexibility index (Phi) is 5.98. The summed E-state index contributed by atoms with van der Waals surface area (Å²) in [5.74, 6) is -1.62. The van der Waals surface area contributed by atoms with Crippen molar-refractivity contribution in [1.29, 1.82) is 0 Å². The van der Waals surface area contributed by atoms with Crippen molar-refractivity contribution in [3.05, 3.63) is 71.3 Å². The fraction of sp³-hybridized carbons (Fsp3) is 0.333. The predicted octanol–water partition coefficient (Wildman–Crippen LogP) is 4.38. The maximum Gasteiger partial charge on any atom is 0.317 e. The SMILES string of the molecule is CCOC(=O)[C@@H]1C(=O)C=C(c2ccc(N(C)C)cc2)C[C@@H]1c1ccc(C)cc1. The monoisotopic (exact) mass is 377 g/mol. The standard InChI is InChI=1S/C24H27NO3/c1-5-28-24(27)23-21(18-8-6-16(2)7-9-18)14-19(15-22(23)26)17-10-12-20(13-11-17)25(3)4/h6-13,15,21,23H,5,14H2,1-4H3/t21-,23+/m1/s1. The lowest BCUT2D eigenvalue weighted by molar-refractivity contribution is -0.151. The Morgan fingerprint density at radius 3 is 2.29 bits per heavy atom. The maximum absolute atomic E-state index is 12.9. The lowest BCUT2D eigenvalue weighted by Gasteiger charge is -2.29. The number of esters is 1. The number of rotatable bonds is 5. The first-order valence-corrected chi connectivity index (χ1v) is 9.66. The summed E-state index contributed by atoms with van der Waals surface area (Å²) in [6, 6.07) is 16.2. The third kappa shape index (κ3) is 4.16. The molecule has 0 unspecified atom stereocenters. The van der Waals surface area contributed by atoms with Crippen molar-refractivity contribution in [3.8, 4) is 0 Å². The number of aryl methyl sites for hydroxylation is 1. The number of benzene rings is 2. The number of allylic oxidation sites excluding steroid dienone is 2. The van der Waals surface area contributed by atoms with E-state index in [0.717, 1.165) is 28.0 Å². The number of hydrogen-bond donors (Lipinski definition) is 0. The number of carbonyl (C=O) groups is 2. The van der Waals surface area contributed by atoms with Gasteiger partial charge in [-0.05, 0) is 55.2 Å². The molecule has 146 valence electrons. The molecule has 0 spiro atoms. The van der Waals surface area contributed by atoms with Gasteiger partial charge in [0.1, 0.15) is 5.92 Å². The molecule has 1 aliphatic rings. The van der Waals surface area contributed by atoms with Crippen LogP contribution in [0.5, 0.6) is 0 Å². The molecule has 0 aromatic heterocycles. The van der Waals surface area contributed by atoms with Crippen LogP contribution in [0.15, 0.2) is 54.6 Å². The zero-order chi connectivity index (χ0) is 20.3. The van der Waals surface area contributed by atoms with E-state index < -0.39 is 11.9 Å². The van der Waals surface area contributed by atoms with E-state index in [1.807, 2.05) is 74.4 Å². The molecule has 2 aromatic rings. The van der Waals surface area contributed by atoms with Crippen LogP contribution in [-0.2, 0) is 14.3 Å². The number of anilines is 1. The van der Waals surface area contributed by atoms with E-state index in [0.29, 0.717) is 6.42 Å². The van der Waals surface area contributed by atoms with Crippen LogP contribution >= 0.6 is 0 Å². The van der Waals surface area contributed by atoms with E-state index in [-0.39, 0.29) is 18.3 Å². The van der Waals surface area contributed by atoms with Gasteiger partial charge in [-0.25, -0.2) is 0 Å². The second-order valence-corrected chi connectivity index (χ2v) is 7.46. The molecule has 0 heterocycles. The molecule has 4 nitrogen and oxygen atoms in total. The molecule has 0 amide bonds. The fourth-order valence-electron chi connectivity index (χ4n) is 3.68. The van der Waals surface area contributed by atoms with Gasteiger partial charge in [-0.2, -0.15) is 0 Å². The van der Waals surface area contributed by atoms with Crippen LogP contribution in [0.4, 0.5) is 5.69 Å². The Balaban J connectivity index is 1.98. The fourth-order valence-corrected chi connectivity index (χ4v) is 3.68. The number of ether oxygens (including phenoxy) is 1. The summed E-state index contributed by atoms with van der Waals surface area (Å²) < 4.78 is 5.22. The van der Waals surface area contributed by atoms with Crippen molar-refractivity contribution in [2.24, 2.45) is 5.92 Å². The summed E-state index contributed by atoms with van der Waals surface area (Å²) in [5, 5.41) is 0. The minimum atomic E-state index is -0.785. The molecule has 2 atom stereocenters. The van der Waals surface area contributed by atoms with Gasteiger partial charge in [0, 0.05) is 25.7 Å². The van der Waals surface area contributed by atoms with Crippen molar-refractivity contribution in [1.82, 2.24) is 0 Å². The van der Waals surface area contributed by atoms with Crippen LogP contribution in [0, 0.1) is 12.8 Å². The molecule has 0 N–H and O–H groups in total. The topological polar surface area (TPSA) is 46.6 Å². The average Bonchev–Trinajstić information content (AvgIpc) is 2.68. The molecule has 28 heavy (non-hydrogen) atoms. The zero-order valence-electron chi connectivity index (χ0n) is 16.9. The molecule has 4 heteroatoms. The Hall–Kier alpha value is -2.88. The Morgan fingerprint density at radius 2 is 1.71 bits per heavy atom. The molecule has 0 saturated heterocycles. The van der Waals surface area contributed by atoms with E-state index in [2.05, 4.69) is 0 Å². The Labute approximate surface area is 166 Å². The van der Waals surface area contributed by atoms with E-state index in [9.17, 15) is 9.59 Å². The van der Waals surface area contributed by atoms with Crippen molar-refractivity contribution in [3.63, 3.8) is 0 Å². The second-order valence-electron chi connectivity index (χ2n) is 7.46. The Bertz CT molecular complexity index is 879. The summed E-state index contributed by atoms with van der Waals surface area (Å²) >= 11 is 0. The van der Waals surface area contributed by atoms with Crippen LogP contribution in [0.1, 0.15) is 36.0 Å². The molecule has 3 rings (SSSR count). The Morgan fingerprint density at radius 1 is 1.07 bits per heavy atom. The van der Waals surface area contributed by atoms with E-state index in [1.165, 1.54) is 0 Å². The predicted molar refractivity (Wildman–Crippen MR) is 112 cm³/mol. The van der Waals surface area contributed by atoms with E-state index >= 15 is 0 Å². The van der Waals surface area contributed by atoms with Gasteiger partial charge in [-0.15, -0.1) is 0 Å². The number of hydrogen-bond acceptors (Lipinski definition) is 4. The number of carbonyl (C=O) groups excluding carboxylic acids is 2. The van der Waals surface area contributed by atoms with Gasteiger partial charge in [0.25, 0.3) is 0 Å². The summed E-state index contributed by atoms with van der Waals surface area (Å²) in [5.41, 5.74) is 5.21. The van der Waals surface area contributed by atoms with E-state index in [4.69, 9.17) is 4.74 Å². The largest absolute Gasteiger partial charge is 0.465 e. The summed E-state index contributed by atoms with van der Waals surface area (Å²) in [4.78, 5) is 27.5. The summed E-state index contributed by atoms with van der Waals surface area (Å²) in [6.07, 6.45) is 2.25. The van der Waals surface area contributed by atoms with Gasteiger partial charge in [-0.1, -0.05) is 42.0 Å². The zero-order valence-corrected chi connectivity index (χ0v) is 16.9. The lowest BCUT2D eigenvalue weighted by Crippen LogP contribution is -2.34. The van der Waals surface area contributed by atoms with Gasteiger partial charge in [0.15, 0.2) is 5.78 Å². The number of ketones is 1. The van der Waals surface area contributed by atoms with Crippen LogP contribution < -0.4 is 4.90 Å². The van der Waals surface area contributed by atoms with Crippen molar-refractivity contribution >= 4 is 23.0 Å². The van der Waals surface area contributed by atoms with Gasteiger partial charge in [0.05, 0.1) is 6.61 Å². The first kappa shape index (κ1) is 19.9. The minimum Gasteiger partial charge on any atom is -0.465 e. The third-order valence-electron chi connectivity index (χ3n) is 5.27. The van der Waals surface area contributed by atoms with Crippen LogP contribution in [0.2, 0.25) is 0 Å². The molecule has 0 bridgehead atoms. The first-order chi connectivity index (χ1) is 13.4. The first-order valence-electron chi connectivity index (χ1n) is 9.66. The van der Waals surface area contributed by atoms with E-state index in [1.54, 1.807) is 13.0 Å². The number of nitrogens with zero attached hydrogens (tertiary/aromatic N) is 1. The van der Waals surface area contributed by atoms with Crippen LogP contribution in [0.25, 0.3) is 5.57 Å². The maximum atomic E-state index is 12.9. The van der Waals surface area contributed by atoms with Crippen LogP contribution in [-0.4, -0.2) is 32.5 Å². The third-order valence-corrected chi connectivity index (χ3v) is 5.27. The molecule has 0 fully saturated rings. The highest BCUT2D eigenvalue weighted by molar-refractivity contribution is 6.10. The van der Waals surface area contributed by atoms with Gasteiger partial charge in [-0.3, -0.25) is 9.59 Å². The highest BCUT2D eigenvalue weighted by Crippen LogP contribution is 2.40. The molecule has 1 aliphatic carbocycles. The van der Waals surface area contributed by atoms with Gasteiger partial charge < -0.3 is 9.64 Å². The average molecular weight is 377 g/mol. The highest BCUT2D eigenvalue weighted by Gasteiger charge is 2.39. The van der Waals surface area contributed by atoms with Gasteiger partial charge >= 0.3 is 5.97 Å². The molecular weight excluding hydrogens is 350 g/mol. The normalized spacial score (nSPS) is 19.1. The van der Waals surface area contributed by atoms with Crippen molar-refractivity contribution in [2.45, 2.75) is 26.2 Å². The summed E-state index contributed by atoms with van der Waals surface area (Å²) in [7, 11) is 3.99. The molecule has 0 aliphatic heterocycles. The molecular formula is C24H27NO3. The smallest absolute Gasteiger partial charge is 0.317 e. The highest BCUT2D eigenvalue weighted by atomic mass is 16.5. The van der Waals surface area contributed by atoms with Gasteiger partial charge in [0.2, 0.25) is 0 Å². The second kappa shape index (κ2) is 8.42. The van der Waals surface area contributed by atoms with Crippen LogP contribution in [0.3, 0.4) is 0 Å². The van der Waals surface area contributed by atoms with Crippen molar-refractivity contribution in [2.75, 3.05) is 25.6 Å². The lowest BCUT2D eigenvalue weighted by atomic mass is 9.73. The quantitative estimate of drug-likeness (QED) is 0.573. The minimum absolute atomic E-state index is 0.179. The molecule has 0 saturated carbocycles. The summed E-state index contributed by atoms with van der Waals surface area (Å²) in [6.45, 7) is 4.06. The van der Waals surface area contributed by atoms with Crippen molar-refractivity contribution < 1.29 is 14.3 Å².